The van der Waals surface area contributed by atoms with Crippen LogP contribution >= 0.6 is 0 Å². The normalized spacial score (nSPS) is 10.5. The predicted molar refractivity (Wildman–Crippen MR) is 61.3 cm³/mol. The fraction of sp³-hybridized carbons (Fsp3) is 0.143. The first-order valence-corrected chi connectivity index (χ1v) is 5.11. The van der Waals surface area contributed by atoms with Crippen LogP contribution in [0.15, 0.2) is 36.4 Å². The lowest BCUT2D eigenvalue weighted by atomic mass is 10.00. The van der Waals surface area contributed by atoms with E-state index in [1.165, 1.54) is 18.2 Å². The van der Waals surface area contributed by atoms with Gasteiger partial charge in [0.15, 0.2) is 0 Å². The summed E-state index contributed by atoms with van der Waals surface area (Å²) in [6.45, 7) is 3.90. The molecule has 0 saturated heterocycles. The molecule has 0 spiro atoms. The van der Waals surface area contributed by atoms with Crippen LogP contribution in [0.3, 0.4) is 0 Å². The standard InChI is InChI=1S/C14H12F2/c1-9-6-7-11(8-10(9)2)14-12(15)4-3-5-13(14)16/h3-8H,1-2H3. The molecule has 0 unspecified atom stereocenters. The summed E-state index contributed by atoms with van der Waals surface area (Å²) in [6.07, 6.45) is 0. The predicted octanol–water partition coefficient (Wildman–Crippen LogP) is 4.25. The summed E-state index contributed by atoms with van der Waals surface area (Å²) in [5, 5.41) is 0. The summed E-state index contributed by atoms with van der Waals surface area (Å²) in [4.78, 5) is 0. The van der Waals surface area contributed by atoms with E-state index < -0.39 is 11.6 Å². The Balaban J connectivity index is 2.63. The average Bonchev–Trinajstić information content (AvgIpc) is 2.23. The molecule has 0 aromatic heterocycles. The van der Waals surface area contributed by atoms with Gasteiger partial charge in [-0.25, -0.2) is 8.78 Å². The number of hydrogen-bond acceptors (Lipinski definition) is 0. The molecule has 82 valence electrons. The zero-order valence-electron chi connectivity index (χ0n) is 9.22. The molecular weight excluding hydrogens is 206 g/mol. The van der Waals surface area contributed by atoms with Gasteiger partial charge in [0.1, 0.15) is 11.6 Å². The fourth-order valence-electron chi connectivity index (χ4n) is 1.67. The van der Waals surface area contributed by atoms with Gasteiger partial charge in [0, 0.05) is 0 Å². The van der Waals surface area contributed by atoms with Crippen molar-refractivity contribution in [3.63, 3.8) is 0 Å². The Morgan fingerprint density at radius 2 is 1.44 bits per heavy atom. The Morgan fingerprint density at radius 1 is 0.812 bits per heavy atom. The molecule has 2 rings (SSSR count). The molecule has 0 saturated carbocycles. The minimum atomic E-state index is -0.525. The lowest BCUT2D eigenvalue weighted by Gasteiger charge is -2.07. The Bertz CT molecular complexity index is 510. The van der Waals surface area contributed by atoms with E-state index >= 15 is 0 Å². The van der Waals surface area contributed by atoms with Crippen molar-refractivity contribution in [3.05, 3.63) is 59.2 Å². The molecule has 0 aliphatic rings. The van der Waals surface area contributed by atoms with Crippen molar-refractivity contribution in [1.82, 2.24) is 0 Å². The number of hydrogen-bond donors (Lipinski definition) is 0. The van der Waals surface area contributed by atoms with Crippen LogP contribution in [-0.2, 0) is 0 Å². The Labute approximate surface area is 93.5 Å². The highest BCUT2D eigenvalue weighted by Crippen LogP contribution is 2.27. The van der Waals surface area contributed by atoms with E-state index in [0.717, 1.165) is 11.1 Å². The molecule has 0 aliphatic carbocycles. The van der Waals surface area contributed by atoms with Gasteiger partial charge in [-0.2, -0.15) is 0 Å². The molecule has 2 aromatic rings. The molecule has 0 aliphatic heterocycles. The van der Waals surface area contributed by atoms with Gasteiger partial charge in [-0.05, 0) is 42.7 Å². The van der Waals surface area contributed by atoms with Gasteiger partial charge in [0.05, 0.1) is 5.56 Å². The van der Waals surface area contributed by atoms with Crippen molar-refractivity contribution in [2.45, 2.75) is 13.8 Å². The van der Waals surface area contributed by atoms with E-state index in [1.807, 2.05) is 19.9 Å². The Hall–Kier alpha value is -1.70. The van der Waals surface area contributed by atoms with Crippen LogP contribution in [0.4, 0.5) is 8.78 Å². The van der Waals surface area contributed by atoms with Gasteiger partial charge < -0.3 is 0 Å². The molecule has 2 heteroatoms. The van der Waals surface area contributed by atoms with E-state index in [0.29, 0.717) is 5.56 Å². The molecule has 0 fully saturated rings. The maximum absolute atomic E-state index is 13.5. The molecule has 0 heterocycles. The lowest BCUT2D eigenvalue weighted by Crippen LogP contribution is -1.91. The molecular formula is C14H12F2. The van der Waals surface area contributed by atoms with Crippen molar-refractivity contribution in [1.29, 1.82) is 0 Å². The third-order valence-electron chi connectivity index (χ3n) is 2.76. The number of rotatable bonds is 1. The molecule has 2 aromatic carbocycles. The van der Waals surface area contributed by atoms with Crippen LogP contribution in [-0.4, -0.2) is 0 Å². The molecule has 0 amide bonds. The maximum atomic E-state index is 13.5. The Morgan fingerprint density at radius 3 is 2.00 bits per heavy atom. The number of halogens is 2. The molecule has 0 atom stereocenters. The Kier molecular flexibility index (Phi) is 2.73. The van der Waals surface area contributed by atoms with E-state index in [2.05, 4.69) is 0 Å². The van der Waals surface area contributed by atoms with E-state index in [4.69, 9.17) is 0 Å². The maximum Gasteiger partial charge on any atom is 0.133 e. The first-order valence-electron chi connectivity index (χ1n) is 5.11. The molecule has 0 radical (unpaired) electrons. The largest absolute Gasteiger partial charge is 0.206 e. The number of benzene rings is 2. The monoisotopic (exact) mass is 218 g/mol. The van der Waals surface area contributed by atoms with Gasteiger partial charge in [-0.15, -0.1) is 0 Å². The zero-order chi connectivity index (χ0) is 11.7. The summed E-state index contributed by atoms with van der Waals surface area (Å²) in [7, 11) is 0. The van der Waals surface area contributed by atoms with Crippen LogP contribution in [0.5, 0.6) is 0 Å². The minimum absolute atomic E-state index is 0.0469. The molecule has 0 bridgehead atoms. The van der Waals surface area contributed by atoms with Crippen molar-refractivity contribution in [2.24, 2.45) is 0 Å². The lowest BCUT2D eigenvalue weighted by molar-refractivity contribution is 0.589. The molecule has 0 nitrogen and oxygen atoms in total. The second-order valence-electron chi connectivity index (χ2n) is 3.90. The third-order valence-corrected chi connectivity index (χ3v) is 2.76. The van der Waals surface area contributed by atoms with Crippen molar-refractivity contribution >= 4 is 0 Å². The highest BCUT2D eigenvalue weighted by Gasteiger charge is 2.10. The summed E-state index contributed by atoms with van der Waals surface area (Å²) in [5.74, 6) is -1.05. The highest BCUT2D eigenvalue weighted by atomic mass is 19.1. The molecule has 16 heavy (non-hydrogen) atoms. The summed E-state index contributed by atoms with van der Waals surface area (Å²) in [5.41, 5.74) is 2.77. The second-order valence-corrected chi connectivity index (χ2v) is 3.90. The van der Waals surface area contributed by atoms with Gasteiger partial charge in [0.25, 0.3) is 0 Å². The van der Waals surface area contributed by atoms with Crippen LogP contribution in [0, 0.1) is 25.5 Å². The van der Waals surface area contributed by atoms with E-state index in [-0.39, 0.29) is 5.56 Å². The molecule has 0 N–H and O–H groups in total. The smallest absolute Gasteiger partial charge is 0.133 e. The first kappa shape index (κ1) is 10.8. The van der Waals surface area contributed by atoms with Gasteiger partial charge in [0.2, 0.25) is 0 Å². The summed E-state index contributed by atoms with van der Waals surface area (Å²) in [6, 6.07) is 9.33. The quantitative estimate of drug-likeness (QED) is 0.671. The van der Waals surface area contributed by atoms with Gasteiger partial charge in [-0.3, -0.25) is 0 Å². The van der Waals surface area contributed by atoms with Crippen molar-refractivity contribution in [2.75, 3.05) is 0 Å². The van der Waals surface area contributed by atoms with Crippen molar-refractivity contribution < 1.29 is 8.78 Å². The minimum Gasteiger partial charge on any atom is -0.206 e. The second kappa shape index (κ2) is 4.05. The number of aryl methyl sites for hydroxylation is 2. The van der Waals surface area contributed by atoms with Crippen LogP contribution in [0.2, 0.25) is 0 Å². The van der Waals surface area contributed by atoms with E-state index in [1.54, 1.807) is 12.1 Å². The SMILES string of the molecule is Cc1ccc(-c2c(F)cccc2F)cc1C. The first-order chi connectivity index (χ1) is 7.59. The van der Waals surface area contributed by atoms with Crippen LogP contribution in [0.25, 0.3) is 11.1 Å². The van der Waals surface area contributed by atoms with Gasteiger partial charge in [-0.1, -0.05) is 24.3 Å². The van der Waals surface area contributed by atoms with Gasteiger partial charge >= 0.3 is 0 Å². The van der Waals surface area contributed by atoms with E-state index in [9.17, 15) is 8.78 Å². The zero-order valence-corrected chi connectivity index (χ0v) is 9.22. The topological polar surface area (TPSA) is 0 Å². The van der Waals surface area contributed by atoms with Crippen LogP contribution < -0.4 is 0 Å². The summed E-state index contributed by atoms with van der Waals surface area (Å²) >= 11 is 0. The summed E-state index contributed by atoms with van der Waals surface area (Å²) < 4.78 is 27.1. The average molecular weight is 218 g/mol. The van der Waals surface area contributed by atoms with Crippen LogP contribution in [0.1, 0.15) is 11.1 Å². The highest BCUT2D eigenvalue weighted by molar-refractivity contribution is 5.66. The fourth-order valence-corrected chi connectivity index (χ4v) is 1.67. The third kappa shape index (κ3) is 1.83. The van der Waals surface area contributed by atoms with Crippen molar-refractivity contribution in [3.8, 4) is 11.1 Å².